The molecule has 0 spiro atoms. The molecule has 3 saturated heterocycles. The summed E-state index contributed by atoms with van der Waals surface area (Å²) in [5.41, 5.74) is 3.13. The lowest BCUT2D eigenvalue weighted by Crippen LogP contribution is -2.52. The molecule has 3 aromatic carbocycles. The third kappa shape index (κ3) is 10.9. The second-order valence-corrected chi connectivity index (χ2v) is 16.1. The van der Waals surface area contributed by atoms with E-state index < -0.39 is 11.2 Å². The Balaban J connectivity index is 0.000000363. The van der Waals surface area contributed by atoms with E-state index in [4.69, 9.17) is 14.2 Å². The first-order valence-electron chi connectivity index (χ1n) is 22.0. The van der Waals surface area contributed by atoms with Crippen LogP contribution in [0.2, 0.25) is 0 Å². The van der Waals surface area contributed by atoms with Gasteiger partial charge < -0.3 is 34.6 Å². The maximum Gasteiger partial charge on any atom is 0.339 e. The van der Waals surface area contributed by atoms with Gasteiger partial charge in [-0.05, 0) is 106 Å². The second-order valence-electron chi connectivity index (χ2n) is 16.1. The number of aromatic amines is 1. The third-order valence-electron chi connectivity index (χ3n) is 11.6. The number of fused-ring (bicyclic) bond motifs is 1. The molecule has 2 atom stereocenters. The average Bonchev–Trinajstić information content (AvgIpc) is 4.09. The highest BCUT2D eigenvalue weighted by Gasteiger charge is 2.47. The van der Waals surface area contributed by atoms with Gasteiger partial charge in [-0.25, -0.2) is 19.2 Å². The number of likely N-dealkylation sites (tertiary alicyclic amines) is 1. The van der Waals surface area contributed by atoms with Crippen molar-refractivity contribution in [3.63, 3.8) is 0 Å². The molecular formula is C47H58FN9O6. The van der Waals surface area contributed by atoms with Gasteiger partial charge >= 0.3 is 5.97 Å². The van der Waals surface area contributed by atoms with Crippen LogP contribution in [0.4, 0.5) is 15.8 Å². The molecule has 8 rings (SSSR count). The largest absolute Gasteiger partial charge is 0.464 e. The van der Waals surface area contributed by atoms with Crippen LogP contribution in [0.25, 0.3) is 33.5 Å². The minimum atomic E-state index is -1.07. The molecule has 3 aliphatic heterocycles. The number of halogens is 1. The summed E-state index contributed by atoms with van der Waals surface area (Å²) in [4.78, 5) is 53.9. The number of rotatable bonds is 15. The van der Waals surface area contributed by atoms with Crippen LogP contribution in [0.1, 0.15) is 46.5 Å². The number of aromatic nitrogens is 4. The smallest absolute Gasteiger partial charge is 0.339 e. The van der Waals surface area contributed by atoms with Gasteiger partial charge in [0.2, 0.25) is 5.91 Å². The molecule has 2 aromatic heterocycles. The summed E-state index contributed by atoms with van der Waals surface area (Å²) < 4.78 is 30.4. The predicted octanol–water partition coefficient (Wildman–Crippen LogP) is 5.69. The molecule has 0 saturated carbocycles. The van der Waals surface area contributed by atoms with Crippen molar-refractivity contribution in [2.24, 2.45) is 0 Å². The fraction of sp³-hybridized carbons (Fsp3) is 0.447. The SMILES string of the molecule is CCCOC1(C(=O)Nc2ccc3[nH]nc(-c4ccc(F)cc4)c3c2)CCN(CC(=O)N2CCN(c3ccc(-c4ncccn4)cc3)CC2)C1.CCCOC1(C(=O)OCC)CCNC1. The number of nitrogens with zero attached hydrogens (tertiary/aromatic N) is 6. The summed E-state index contributed by atoms with van der Waals surface area (Å²) in [5, 5.41) is 14.5. The summed E-state index contributed by atoms with van der Waals surface area (Å²) in [5.74, 6) is -0.0251. The highest BCUT2D eigenvalue weighted by Crippen LogP contribution is 2.32. The number of esters is 1. The van der Waals surface area contributed by atoms with Crippen LogP contribution >= 0.6 is 0 Å². The lowest BCUT2D eigenvalue weighted by molar-refractivity contribution is -0.169. The van der Waals surface area contributed by atoms with Crippen LogP contribution < -0.4 is 15.5 Å². The zero-order valence-electron chi connectivity index (χ0n) is 36.4. The topological polar surface area (TPSA) is 167 Å². The summed E-state index contributed by atoms with van der Waals surface area (Å²) in [6.07, 6.45) is 6.35. The van der Waals surface area contributed by atoms with E-state index in [-0.39, 0.29) is 30.1 Å². The molecule has 3 aliphatic rings. The van der Waals surface area contributed by atoms with Gasteiger partial charge in [0.15, 0.2) is 17.0 Å². The zero-order valence-corrected chi connectivity index (χ0v) is 36.4. The second kappa shape index (κ2) is 21.0. The Morgan fingerprint density at radius 2 is 1.52 bits per heavy atom. The van der Waals surface area contributed by atoms with Crippen molar-refractivity contribution in [3.05, 3.63) is 91.0 Å². The number of hydrogen-bond acceptors (Lipinski definition) is 12. The standard InChI is InChI=1S/C37H39FN8O3.C10H19NO3/c1-2-22-49-37(36(48)41-29-10-13-32-31(23-29)34(43-42-32)26-4-8-28(38)9-5-26)14-17-44(25-37)24-33(47)46-20-18-45(19-21-46)30-11-6-27(7-12-30)35-39-15-3-16-40-35;1-3-7-14-10(5-6-11-8-10)9(12)13-4-2/h3-13,15-16,23H,2,14,17-22,24-25H2,1H3,(H,41,48)(H,42,43);11H,3-8H2,1-2H3. The predicted molar refractivity (Wildman–Crippen MR) is 240 cm³/mol. The average molecular weight is 864 g/mol. The number of hydrogen-bond donors (Lipinski definition) is 3. The van der Waals surface area contributed by atoms with E-state index in [9.17, 15) is 18.8 Å². The molecule has 0 aliphatic carbocycles. The minimum Gasteiger partial charge on any atom is -0.464 e. The molecule has 5 heterocycles. The Morgan fingerprint density at radius 3 is 2.19 bits per heavy atom. The molecule has 0 bridgehead atoms. The fourth-order valence-corrected chi connectivity index (χ4v) is 8.18. The van der Waals surface area contributed by atoms with Crippen molar-refractivity contribution in [1.29, 1.82) is 0 Å². The number of nitrogens with one attached hydrogen (secondary N) is 3. The molecule has 63 heavy (non-hydrogen) atoms. The van der Waals surface area contributed by atoms with Gasteiger partial charge in [0.05, 0.1) is 24.4 Å². The van der Waals surface area contributed by atoms with Crippen molar-refractivity contribution in [2.75, 3.05) is 88.9 Å². The van der Waals surface area contributed by atoms with Crippen molar-refractivity contribution in [1.82, 2.24) is 35.3 Å². The van der Waals surface area contributed by atoms with Crippen LogP contribution in [0.15, 0.2) is 85.2 Å². The Morgan fingerprint density at radius 1 is 0.825 bits per heavy atom. The molecule has 15 nitrogen and oxygen atoms in total. The Bertz CT molecular complexity index is 2280. The van der Waals surface area contributed by atoms with Crippen molar-refractivity contribution in [3.8, 4) is 22.6 Å². The van der Waals surface area contributed by atoms with Crippen LogP contribution in [0.3, 0.4) is 0 Å². The van der Waals surface area contributed by atoms with Crippen LogP contribution in [-0.4, -0.2) is 138 Å². The lowest BCUT2D eigenvalue weighted by Gasteiger charge is -2.37. The van der Waals surface area contributed by atoms with Gasteiger partial charge in [-0.2, -0.15) is 5.10 Å². The monoisotopic (exact) mass is 863 g/mol. The normalized spacial score (nSPS) is 20.1. The number of ether oxygens (including phenoxy) is 3. The molecule has 2 amide bonds. The van der Waals surface area contributed by atoms with Gasteiger partial charge in [-0.1, -0.05) is 13.8 Å². The highest BCUT2D eigenvalue weighted by molar-refractivity contribution is 6.01. The van der Waals surface area contributed by atoms with Gasteiger partial charge in [0.1, 0.15) is 5.82 Å². The van der Waals surface area contributed by atoms with Gasteiger partial charge in [-0.15, -0.1) is 0 Å². The molecule has 5 aromatic rings. The number of piperazine rings is 1. The first-order chi connectivity index (χ1) is 30.7. The lowest BCUT2D eigenvalue weighted by atomic mass is 10.0. The first kappa shape index (κ1) is 45.2. The molecule has 16 heteroatoms. The number of H-pyrrole nitrogens is 1. The van der Waals surface area contributed by atoms with E-state index in [1.165, 1.54) is 12.1 Å². The van der Waals surface area contributed by atoms with E-state index in [2.05, 4.69) is 47.8 Å². The number of carbonyl (C=O) groups excluding carboxylic acids is 3. The van der Waals surface area contributed by atoms with Crippen molar-refractivity contribution >= 4 is 40.1 Å². The van der Waals surface area contributed by atoms with E-state index >= 15 is 0 Å². The van der Waals surface area contributed by atoms with E-state index in [1.807, 2.05) is 60.9 Å². The molecule has 3 N–H and O–H groups in total. The number of benzene rings is 3. The third-order valence-corrected chi connectivity index (χ3v) is 11.6. The number of amides is 2. The van der Waals surface area contributed by atoms with Crippen molar-refractivity contribution in [2.45, 2.75) is 57.7 Å². The van der Waals surface area contributed by atoms with Crippen LogP contribution in [0, 0.1) is 5.82 Å². The van der Waals surface area contributed by atoms with E-state index in [0.29, 0.717) is 82.6 Å². The zero-order chi connectivity index (χ0) is 44.2. The Labute approximate surface area is 367 Å². The van der Waals surface area contributed by atoms with Gasteiger partial charge in [0, 0.05) is 106 Å². The molecule has 3 fully saturated rings. The van der Waals surface area contributed by atoms with E-state index in [1.54, 1.807) is 30.6 Å². The minimum absolute atomic E-state index is 0.0571. The summed E-state index contributed by atoms with van der Waals surface area (Å²) in [7, 11) is 0. The highest BCUT2D eigenvalue weighted by atomic mass is 19.1. The summed E-state index contributed by atoms with van der Waals surface area (Å²) in [6, 6.07) is 21.7. The molecule has 0 radical (unpaired) electrons. The fourth-order valence-electron chi connectivity index (χ4n) is 8.18. The van der Waals surface area contributed by atoms with Gasteiger partial charge in [-0.3, -0.25) is 19.6 Å². The number of anilines is 2. The summed E-state index contributed by atoms with van der Waals surface area (Å²) in [6.45, 7) is 12.6. The van der Waals surface area contributed by atoms with Crippen molar-refractivity contribution < 1.29 is 33.0 Å². The Hall–Kier alpha value is -5.81. The molecule has 334 valence electrons. The van der Waals surface area contributed by atoms with E-state index in [0.717, 1.165) is 60.2 Å². The summed E-state index contributed by atoms with van der Waals surface area (Å²) >= 11 is 0. The molecular weight excluding hydrogens is 806 g/mol. The maximum absolute atomic E-state index is 13.9. The first-order valence-corrected chi connectivity index (χ1v) is 22.0. The Kier molecular flexibility index (Phi) is 15.1. The quantitative estimate of drug-likeness (QED) is 0.110. The maximum atomic E-state index is 13.9. The van der Waals surface area contributed by atoms with Gasteiger partial charge in [0.25, 0.3) is 5.91 Å². The molecule has 2 unspecified atom stereocenters. The van der Waals surface area contributed by atoms with Crippen LogP contribution in [-0.2, 0) is 28.6 Å². The number of carbonyl (C=O) groups is 3. The van der Waals surface area contributed by atoms with Crippen LogP contribution in [0.5, 0.6) is 0 Å².